The third-order valence-electron chi connectivity index (χ3n) is 4.92. The highest BCUT2D eigenvalue weighted by Crippen LogP contribution is 2.41. The van der Waals surface area contributed by atoms with E-state index in [1.54, 1.807) is 18.2 Å². The summed E-state index contributed by atoms with van der Waals surface area (Å²) in [6.45, 7) is 1.45. The van der Waals surface area contributed by atoms with Crippen LogP contribution < -0.4 is 10.6 Å². The molecule has 1 fully saturated rings. The van der Waals surface area contributed by atoms with Crippen molar-refractivity contribution in [3.8, 4) is 5.69 Å². The molecule has 1 aliphatic carbocycles. The van der Waals surface area contributed by atoms with Gasteiger partial charge >= 0.3 is 0 Å². The van der Waals surface area contributed by atoms with Gasteiger partial charge in [-0.2, -0.15) is 0 Å². The lowest BCUT2D eigenvalue weighted by molar-refractivity contribution is -0.114. The first-order valence-corrected chi connectivity index (χ1v) is 13.1. The summed E-state index contributed by atoms with van der Waals surface area (Å²) >= 11 is 1.26. The van der Waals surface area contributed by atoms with E-state index < -0.39 is 9.84 Å². The van der Waals surface area contributed by atoms with Crippen molar-refractivity contribution in [3.05, 3.63) is 54.4 Å². The minimum Gasteiger partial charge on any atom is -0.326 e. The molecule has 2 amide bonds. The van der Waals surface area contributed by atoms with Crippen molar-refractivity contribution in [1.82, 2.24) is 14.8 Å². The molecule has 2 aromatic carbocycles. The molecular formula is C22H23N5O4S2. The van der Waals surface area contributed by atoms with E-state index in [4.69, 9.17) is 0 Å². The van der Waals surface area contributed by atoms with Gasteiger partial charge in [0.25, 0.3) is 0 Å². The number of anilines is 2. The van der Waals surface area contributed by atoms with Gasteiger partial charge in [0.15, 0.2) is 15.0 Å². The first-order chi connectivity index (χ1) is 15.7. The van der Waals surface area contributed by atoms with Crippen molar-refractivity contribution in [1.29, 1.82) is 0 Å². The van der Waals surface area contributed by atoms with E-state index in [-0.39, 0.29) is 22.5 Å². The maximum Gasteiger partial charge on any atom is 0.234 e. The molecule has 172 valence electrons. The van der Waals surface area contributed by atoms with E-state index in [0.29, 0.717) is 22.4 Å². The fraction of sp³-hybridized carbons (Fsp3) is 0.273. The normalized spacial score (nSPS) is 13.5. The van der Waals surface area contributed by atoms with Gasteiger partial charge in [0.1, 0.15) is 5.82 Å². The van der Waals surface area contributed by atoms with Crippen molar-refractivity contribution in [2.45, 2.75) is 35.7 Å². The summed E-state index contributed by atoms with van der Waals surface area (Å²) in [6.07, 6.45) is 3.21. The van der Waals surface area contributed by atoms with Gasteiger partial charge in [0.2, 0.25) is 11.8 Å². The highest BCUT2D eigenvalue weighted by molar-refractivity contribution is 7.99. The van der Waals surface area contributed by atoms with Gasteiger partial charge < -0.3 is 10.6 Å². The first kappa shape index (κ1) is 23.0. The topological polar surface area (TPSA) is 123 Å². The second kappa shape index (κ2) is 9.36. The van der Waals surface area contributed by atoms with Gasteiger partial charge in [-0.15, -0.1) is 10.2 Å². The van der Waals surface area contributed by atoms with Gasteiger partial charge in [0.05, 0.1) is 16.3 Å². The molecule has 4 rings (SSSR count). The number of hydrogen-bond donors (Lipinski definition) is 2. The molecule has 0 unspecified atom stereocenters. The first-order valence-electron chi connectivity index (χ1n) is 10.3. The summed E-state index contributed by atoms with van der Waals surface area (Å²) in [5.74, 6) is 0.866. The zero-order chi connectivity index (χ0) is 23.6. The summed E-state index contributed by atoms with van der Waals surface area (Å²) in [5, 5.41) is 14.8. The number of thioether (sulfide) groups is 1. The molecule has 0 bridgehead atoms. The zero-order valence-electron chi connectivity index (χ0n) is 18.1. The van der Waals surface area contributed by atoms with Crippen LogP contribution in [0.1, 0.15) is 31.5 Å². The molecule has 3 aromatic rings. The number of carbonyl (C=O) groups excluding carboxylic acids is 2. The Balaban J connectivity index is 1.49. The number of benzene rings is 2. The number of aromatic nitrogens is 3. The average Bonchev–Trinajstić information content (AvgIpc) is 3.51. The lowest BCUT2D eigenvalue weighted by Crippen LogP contribution is -2.15. The molecule has 0 spiro atoms. The highest BCUT2D eigenvalue weighted by Gasteiger charge is 2.31. The monoisotopic (exact) mass is 485 g/mol. The molecule has 0 radical (unpaired) electrons. The Bertz CT molecular complexity index is 1300. The van der Waals surface area contributed by atoms with Crippen molar-refractivity contribution in [2.75, 3.05) is 22.6 Å². The second-order valence-electron chi connectivity index (χ2n) is 7.82. The lowest BCUT2D eigenvalue weighted by atomic mass is 10.2. The molecule has 0 saturated heterocycles. The molecule has 1 aromatic heterocycles. The van der Waals surface area contributed by atoms with Crippen LogP contribution in [0, 0.1) is 0 Å². The van der Waals surface area contributed by atoms with Gasteiger partial charge in [-0.3, -0.25) is 14.2 Å². The average molecular weight is 486 g/mol. The van der Waals surface area contributed by atoms with E-state index in [9.17, 15) is 18.0 Å². The Kier molecular flexibility index (Phi) is 6.52. The molecule has 0 aliphatic heterocycles. The van der Waals surface area contributed by atoms with Gasteiger partial charge in [-0.25, -0.2) is 8.42 Å². The zero-order valence-corrected chi connectivity index (χ0v) is 19.7. The number of rotatable bonds is 8. The number of nitrogens with one attached hydrogen (secondary N) is 2. The Morgan fingerprint density at radius 1 is 1.06 bits per heavy atom. The van der Waals surface area contributed by atoms with Crippen LogP contribution in [0.3, 0.4) is 0 Å². The molecule has 11 heteroatoms. The minimum atomic E-state index is -3.29. The molecule has 0 atom stereocenters. The molecule has 1 heterocycles. The van der Waals surface area contributed by atoms with Crippen LogP contribution in [-0.2, 0) is 19.4 Å². The van der Waals surface area contributed by atoms with Crippen LogP contribution in [0.2, 0.25) is 0 Å². The fourth-order valence-corrected chi connectivity index (χ4v) is 4.65. The Labute approximate surface area is 195 Å². The standard InChI is InChI=1S/C22H23N5O4S2/c1-14(28)23-17-4-3-5-18(12-17)27-21(15-6-7-15)25-26-22(27)32-13-20(29)24-16-8-10-19(11-9-16)33(2,30)31/h3-5,8-12,15H,6-7,13H2,1-2H3,(H,23,28)(H,24,29). The highest BCUT2D eigenvalue weighted by atomic mass is 32.2. The molecule has 2 N–H and O–H groups in total. The number of amides is 2. The largest absolute Gasteiger partial charge is 0.326 e. The van der Waals surface area contributed by atoms with Crippen LogP contribution in [0.15, 0.2) is 58.6 Å². The molecule has 9 nitrogen and oxygen atoms in total. The third-order valence-corrected chi connectivity index (χ3v) is 6.98. The van der Waals surface area contributed by atoms with Crippen LogP contribution in [0.4, 0.5) is 11.4 Å². The van der Waals surface area contributed by atoms with Crippen molar-refractivity contribution in [3.63, 3.8) is 0 Å². The number of hydrogen-bond acceptors (Lipinski definition) is 7. The van der Waals surface area contributed by atoms with E-state index >= 15 is 0 Å². The number of nitrogens with zero attached hydrogens (tertiary/aromatic N) is 3. The van der Waals surface area contributed by atoms with Crippen LogP contribution in [0.25, 0.3) is 5.69 Å². The maximum atomic E-state index is 12.5. The number of carbonyl (C=O) groups is 2. The van der Waals surface area contributed by atoms with Crippen molar-refractivity contribution < 1.29 is 18.0 Å². The van der Waals surface area contributed by atoms with Gasteiger partial charge in [0, 0.05) is 30.5 Å². The van der Waals surface area contributed by atoms with Crippen molar-refractivity contribution in [2.24, 2.45) is 0 Å². The van der Waals surface area contributed by atoms with Crippen molar-refractivity contribution >= 4 is 44.8 Å². The number of sulfone groups is 1. The van der Waals surface area contributed by atoms with Crippen LogP contribution in [-0.4, -0.2) is 47.0 Å². The Morgan fingerprint density at radius 2 is 1.79 bits per heavy atom. The second-order valence-corrected chi connectivity index (χ2v) is 10.8. The quantitative estimate of drug-likeness (QED) is 0.470. The summed E-state index contributed by atoms with van der Waals surface area (Å²) in [6, 6.07) is 13.4. The maximum absolute atomic E-state index is 12.5. The van der Waals surface area contributed by atoms with Crippen LogP contribution in [0.5, 0.6) is 0 Å². The smallest absolute Gasteiger partial charge is 0.234 e. The Hall–Kier alpha value is -3.18. The predicted octanol–water partition coefficient (Wildman–Crippen LogP) is 3.24. The molecular weight excluding hydrogens is 462 g/mol. The third kappa shape index (κ3) is 5.79. The van der Waals surface area contributed by atoms with Crippen LogP contribution >= 0.6 is 11.8 Å². The van der Waals surface area contributed by atoms with E-state index in [1.165, 1.54) is 30.8 Å². The predicted molar refractivity (Wildman–Crippen MR) is 127 cm³/mol. The van der Waals surface area contributed by atoms with Gasteiger partial charge in [-0.05, 0) is 55.3 Å². The minimum absolute atomic E-state index is 0.0992. The summed E-state index contributed by atoms with van der Waals surface area (Å²) in [5.41, 5.74) is 1.99. The Morgan fingerprint density at radius 3 is 2.42 bits per heavy atom. The summed E-state index contributed by atoms with van der Waals surface area (Å²) in [7, 11) is -3.29. The van der Waals surface area contributed by atoms with Gasteiger partial charge in [-0.1, -0.05) is 17.8 Å². The van der Waals surface area contributed by atoms with E-state index in [2.05, 4.69) is 20.8 Å². The molecule has 1 aliphatic rings. The molecule has 1 saturated carbocycles. The summed E-state index contributed by atoms with van der Waals surface area (Å²) < 4.78 is 25.1. The molecule has 33 heavy (non-hydrogen) atoms. The summed E-state index contributed by atoms with van der Waals surface area (Å²) in [4.78, 5) is 24.1. The SMILES string of the molecule is CC(=O)Nc1cccc(-n2c(SCC(=O)Nc3ccc(S(C)(=O)=O)cc3)nnc2C2CC2)c1. The van der Waals surface area contributed by atoms with E-state index in [0.717, 1.165) is 30.6 Å². The van der Waals surface area contributed by atoms with E-state index in [1.807, 2.05) is 22.8 Å². The fourth-order valence-electron chi connectivity index (χ4n) is 3.26. The lowest BCUT2D eigenvalue weighted by Gasteiger charge is -2.12.